The van der Waals surface area contributed by atoms with Gasteiger partial charge in [-0.15, -0.1) is 0 Å². The van der Waals surface area contributed by atoms with E-state index in [0.29, 0.717) is 22.3 Å². The first-order valence-corrected chi connectivity index (χ1v) is 12.5. The topological polar surface area (TPSA) is 154 Å². The first-order valence-electron chi connectivity index (χ1n) is 11.0. The molecule has 0 aliphatic heterocycles. The minimum absolute atomic E-state index is 0.0714. The Morgan fingerprint density at radius 1 is 1.05 bits per heavy atom. The van der Waals surface area contributed by atoms with Crippen LogP contribution in [0.15, 0.2) is 66.0 Å². The molecule has 4 aromatic rings. The Hall–Kier alpha value is -4.53. The van der Waals surface area contributed by atoms with Crippen molar-refractivity contribution in [3.63, 3.8) is 0 Å². The van der Waals surface area contributed by atoms with Crippen molar-refractivity contribution >= 4 is 38.6 Å². The number of amides is 1. The predicted molar refractivity (Wildman–Crippen MR) is 133 cm³/mol. The number of fused-ring (bicyclic) bond motifs is 1. The molecule has 2 aromatic heterocycles. The zero-order chi connectivity index (χ0) is 29.0. The first kappa shape index (κ1) is 29.0. The van der Waals surface area contributed by atoms with E-state index >= 15 is 0 Å². The largest absolute Gasteiger partial charge is 0.490 e. The number of hydrogen-bond donors (Lipinski definition) is 4. The van der Waals surface area contributed by atoms with Gasteiger partial charge in [-0.3, -0.25) is 9.52 Å². The van der Waals surface area contributed by atoms with Crippen molar-refractivity contribution in [2.45, 2.75) is 31.0 Å². The summed E-state index contributed by atoms with van der Waals surface area (Å²) in [7, 11) is -4.24. The highest BCUT2D eigenvalue weighted by molar-refractivity contribution is 7.92. The lowest BCUT2D eigenvalue weighted by molar-refractivity contribution is -0.192. The number of benzene rings is 2. The van der Waals surface area contributed by atoms with Gasteiger partial charge in [-0.1, -0.05) is 12.1 Å². The number of aliphatic carboxylic acids is 1. The molecule has 2 heterocycles. The lowest BCUT2D eigenvalue weighted by atomic mass is 10.1. The fourth-order valence-electron chi connectivity index (χ4n) is 3.25. The van der Waals surface area contributed by atoms with Crippen LogP contribution in [0, 0.1) is 5.82 Å². The van der Waals surface area contributed by atoms with Gasteiger partial charge in [0.05, 0.1) is 5.69 Å². The van der Waals surface area contributed by atoms with Crippen molar-refractivity contribution in [2.75, 3.05) is 4.72 Å². The van der Waals surface area contributed by atoms with Crippen LogP contribution >= 0.6 is 0 Å². The molecule has 0 aliphatic rings. The minimum atomic E-state index is -5.08. The van der Waals surface area contributed by atoms with Crippen LogP contribution in [0.25, 0.3) is 22.3 Å². The smallest absolute Gasteiger partial charge is 0.475 e. The second-order valence-electron chi connectivity index (χ2n) is 8.22. The molecule has 0 aliphatic carbocycles. The summed E-state index contributed by atoms with van der Waals surface area (Å²) in [5, 5.41) is 10.6. The molecule has 0 radical (unpaired) electrons. The highest BCUT2D eigenvalue weighted by atomic mass is 32.2. The van der Waals surface area contributed by atoms with E-state index < -0.39 is 32.9 Å². The van der Waals surface area contributed by atoms with Gasteiger partial charge in [0.15, 0.2) is 0 Å². The summed E-state index contributed by atoms with van der Waals surface area (Å²) in [5.74, 6) is -4.02. The number of alkyl halides is 3. The van der Waals surface area contributed by atoms with Gasteiger partial charge in [0.25, 0.3) is 15.9 Å². The Kier molecular flexibility index (Phi) is 8.54. The molecule has 0 bridgehead atoms. The van der Waals surface area contributed by atoms with Crippen molar-refractivity contribution in [1.29, 1.82) is 0 Å². The number of aromatic nitrogens is 3. The van der Waals surface area contributed by atoms with Crippen molar-refractivity contribution in [1.82, 2.24) is 20.3 Å². The molecule has 0 saturated carbocycles. The van der Waals surface area contributed by atoms with Crippen LogP contribution in [0.3, 0.4) is 0 Å². The number of aromatic amines is 1. The number of H-pyrrole nitrogens is 1. The number of nitrogens with zero attached hydrogens (tertiary/aromatic N) is 2. The van der Waals surface area contributed by atoms with Crippen LogP contribution in [-0.4, -0.2) is 52.6 Å². The average Bonchev–Trinajstić information content (AvgIpc) is 3.32. The summed E-state index contributed by atoms with van der Waals surface area (Å²) in [5.41, 5.74) is 1.93. The van der Waals surface area contributed by atoms with Crippen molar-refractivity contribution in [2.24, 2.45) is 0 Å². The van der Waals surface area contributed by atoms with Crippen LogP contribution in [0.1, 0.15) is 24.2 Å². The van der Waals surface area contributed by atoms with Crippen molar-refractivity contribution < 1.29 is 40.7 Å². The maximum atomic E-state index is 14.9. The molecule has 0 saturated heterocycles. The Balaban J connectivity index is 0.000000532. The lowest BCUT2D eigenvalue weighted by Crippen LogP contribution is -2.30. The van der Waals surface area contributed by atoms with Gasteiger partial charge in [0, 0.05) is 34.4 Å². The molecule has 39 heavy (non-hydrogen) atoms. The standard InChI is InChI=1S/C22H20FN5O3S.C2HF3O2/c1-13(2)27-22(29)15-4-3-5-16(10-15)28-32(30,31)19-7-6-14(11-18(19)23)20-17-8-9-24-21(17)26-12-25-20;3-2(4,5)1(6)7/h3-13,28H,1-2H3,(H,27,29)(H,24,25,26);(H,6,7). The molecule has 0 unspecified atom stereocenters. The van der Waals surface area contributed by atoms with Gasteiger partial charge in [-0.05, 0) is 50.2 Å². The third-order valence-corrected chi connectivity index (χ3v) is 6.30. The summed E-state index contributed by atoms with van der Waals surface area (Å²) in [6, 6.07) is 11.5. The quantitative estimate of drug-likeness (QED) is 0.253. The third-order valence-electron chi connectivity index (χ3n) is 4.89. The Labute approximate surface area is 219 Å². The number of nitrogens with one attached hydrogen (secondary N) is 3. The minimum Gasteiger partial charge on any atom is -0.475 e. The molecule has 4 rings (SSSR count). The molecule has 10 nitrogen and oxygen atoms in total. The van der Waals surface area contributed by atoms with Gasteiger partial charge in [-0.2, -0.15) is 13.2 Å². The van der Waals surface area contributed by atoms with E-state index in [1.807, 2.05) is 13.8 Å². The van der Waals surface area contributed by atoms with Crippen molar-refractivity contribution in [3.8, 4) is 11.3 Å². The van der Waals surface area contributed by atoms with Crippen molar-refractivity contribution in [3.05, 3.63) is 72.4 Å². The summed E-state index contributed by atoms with van der Waals surface area (Å²) >= 11 is 0. The Morgan fingerprint density at radius 3 is 2.36 bits per heavy atom. The van der Waals surface area contributed by atoms with Gasteiger partial charge < -0.3 is 15.4 Å². The number of hydrogen-bond acceptors (Lipinski definition) is 6. The van der Waals surface area contributed by atoms with E-state index in [0.717, 1.165) is 6.07 Å². The molecule has 2 aromatic carbocycles. The number of carboxylic acid groups (broad SMARTS) is 1. The average molecular weight is 568 g/mol. The molecule has 206 valence electrons. The highest BCUT2D eigenvalue weighted by Gasteiger charge is 2.38. The van der Waals surface area contributed by atoms with Gasteiger partial charge in [-0.25, -0.2) is 27.6 Å². The number of carbonyl (C=O) groups is 2. The zero-order valence-electron chi connectivity index (χ0n) is 20.2. The SMILES string of the molecule is CC(C)NC(=O)c1cccc(NS(=O)(=O)c2ccc(-c3ncnc4[nH]ccc34)cc2F)c1.O=C(O)C(F)(F)F. The van der Waals surface area contributed by atoms with E-state index in [2.05, 4.69) is 25.0 Å². The maximum Gasteiger partial charge on any atom is 0.490 e. The highest BCUT2D eigenvalue weighted by Crippen LogP contribution is 2.28. The fourth-order valence-corrected chi connectivity index (χ4v) is 4.36. The second kappa shape index (κ2) is 11.5. The normalized spacial score (nSPS) is 11.6. The predicted octanol–water partition coefficient (Wildman–Crippen LogP) is 4.34. The summed E-state index contributed by atoms with van der Waals surface area (Å²) in [6.07, 6.45) is -2.04. The molecule has 1 amide bonds. The Bertz CT molecular complexity index is 1620. The fraction of sp³-hybridized carbons (Fsp3) is 0.167. The molecular weight excluding hydrogens is 546 g/mol. The number of halogens is 4. The van der Waals surface area contributed by atoms with Crippen LogP contribution in [0.2, 0.25) is 0 Å². The second-order valence-corrected chi connectivity index (χ2v) is 9.88. The van der Waals surface area contributed by atoms with E-state index in [1.54, 1.807) is 24.4 Å². The summed E-state index contributed by atoms with van der Waals surface area (Å²) in [6.45, 7) is 3.64. The van der Waals surface area contributed by atoms with Crippen LogP contribution in [0.4, 0.5) is 23.2 Å². The monoisotopic (exact) mass is 567 g/mol. The molecule has 15 heteroatoms. The zero-order valence-corrected chi connectivity index (χ0v) is 21.1. The van der Waals surface area contributed by atoms with E-state index in [4.69, 9.17) is 9.90 Å². The lowest BCUT2D eigenvalue weighted by Gasteiger charge is -2.12. The van der Waals surface area contributed by atoms with Gasteiger partial charge in [0.2, 0.25) is 0 Å². The number of carbonyl (C=O) groups excluding carboxylic acids is 1. The van der Waals surface area contributed by atoms with Crippen LogP contribution < -0.4 is 10.0 Å². The van der Waals surface area contributed by atoms with E-state index in [1.165, 1.54) is 30.6 Å². The Morgan fingerprint density at radius 2 is 1.74 bits per heavy atom. The molecule has 0 fully saturated rings. The maximum absolute atomic E-state index is 14.9. The number of sulfonamides is 1. The molecule has 0 spiro atoms. The summed E-state index contributed by atoms with van der Waals surface area (Å²) in [4.78, 5) is 31.8. The van der Waals surface area contributed by atoms with E-state index in [-0.39, 0.29) is 23.2 Å². The van der Waals surface area contributed by atoms with Crippen LogP contribution in [0.5, 0.6) is 0 Å². The third kappa shape index (κ3) is 7.28. The molecule has 4 N–H and O–H groups in total. The number of carboxylic acids is 1. The molecule has 0 atom stereocenters. The van der Waals surface area contributed by atoms with E-state index in [9.17, 15) is 30.8 Å². The first-order chi connectivity index (χ1) is 18.2. The van der Waals surface area contributed by atoms with Gasteiger partial charge in [0.1, 0.15) is 22.7 Å². The van der Waals surface area contributed by atoms with Crippen LogP contribution in [-0.2, 0) is 14.8 Å². The molecular formula is C24H21F4N5O5S. The number of anilines is 1. The van der Waals surface area contributed by atoms with Gasteiger partial charge >= 0.3 is 12.1 Å². The number of rotatable bonds is 6. The summed E-state index contributed by atoms with van der Waals surface area (Å²) < 4.78 is 74.6.